The molecule has 94 valence electrons. The fourth-order valence-corrected chi connectivity index (χ4v) is 2.60. The average molecular weight is 233 g/mol. The number of hydrogen-bond acceptors (Lipinski definition) is 2. The van der Waals surface area contributed by atoms with Gasteiger partial charge in [0.2, 0.25) is 0 Å². The molecule has 1 N–H and O–H groups in total. The molecule has 0 aliphatic heterocycles. The molecule has 0 radical (unpaired) electrons. The monoisotopic (exact) mass is 233 g/mol. The summed E-state index contributed by atoms with van der Waals surface area (Å²) in [5.74, 6) is 0. The third-order valence-corrected chi connectivity index (χ3v) is 4.25. The average Bonchev–Trinajstić information content (AvgIpc) is 2.27. The lowest BCUT2D eigenvalue weighted by Gasteiger charge is -2.43. The van der Waals surface area contributed by atoms with Gasteiger partial charge >= 0.3 is 0 Å². The quantitative estimate of drug-likeness (QED) is 0.864. The van der Waals surface area contributed by atoms with Gasteiger partial charge in [-0.15, -0.1) is 0 Å². The number of nitrogens with zero attached hydrogens (tertiary/aromatic N) is 1. The summed E-state index contributed by atoms with van der Waals surface area (Å²) < 4.78 is 0. The van der Waals surface area contributed by atoms with Gasteiger partial charge in [0, 0.05) is 24.7 Å². The maximum atomic E-state index is 9.50. The van der Waals surface area contributed by atoms with Gasteiger partial charge in [0.05, 0.1) is 6.61 Å². The van der Waals surface area contributed by atoms with E-state index in [-0.39, 0.29) is 5.41 Å². The van der Waals surface area contributed by atoms with E-state index in [9.17, 15) is 5.11 Å². The number of anilines is 1. The molecule has 1 fully saturated rings. The molecule has 2 rings (SSSR count). The molecular weight excluding hydrogens is 210 g/mol. The van der Waals surface area contributed by atoms with E-state index in [0.717, 1.165) is 6.54 Å². The summed E-state index contributed by atoms with van der Waals surface area (Å²) >= 11 is 0. The van der Waals surface area contributed by atoms with Gasteiger partial charge in [0.15, 0.2) is 0 Å². The third kappa shape index (κ3) is 2.47. The molecule has 0 saturated heterocycles. The number of aliphatic hydroxyl groups excluding tert-OH is 1. The summed E-state index contributed by atoms with van der Waals surface area (Å²) in [7, 11) is 2.12. The molecule has 0 aromatic heterocycles. The molecule has 0 heterocycles. The highest BCUT2D eigenvalue weighted by molar-refractivity contribution is 5.50. The van der Waals surface area contributed by atoms with Crippen LogP contribution in [0.2, 0.25) is 0 Å². The zero-order chi connectivity index (χ0) is 12.5. The van der Waals surface area contributed by atoms with E-state index in [1.807, 2.05) is 0 Å². The molecule has 17 heavy (non-hydrogen) atoms. The van der Waals surface area contributed by atoms with E-state index in [0.29, 0.717) is 6.61 Å². The van der Waals surface area contributed by atoms with E-state index in [1.165, 1.54) is 36.1 Å². The predicted molar refractivity (Wildman–Crippen MR) is 72.6 cm³/mol. The van der Waals surface area contributed by atoms with Gasteiger partial charge in [-0.3, -0.25) is 0 Å². The normalized spacial score (nSPS) is 17.6. The summed E-state index contributed by atoms with van der Waals surface area (Å²) in [5, 5.41) is 9.50. The van der Waals surface area contributed by atoms with E-state index < -0.39 is 0 Å². The number of benzene rings is 1. The van der Waals surface area contributed by atoms with Crippen LogP contribution < -0.4 is 4.90 Å². The fraction of sp³-hybridized carbons (Fsp3) is 0.600. The SMILES string of the molecule is Cc1ccc(N(C)CC2(CO)CCC2)cc1C. The summed E-state index contributed by atoms with van der Waals surface area (Å²) in [4.78, 5) is 2.28. The Morgan fingerprint density at radius 3 is 2.41 bits per heavy atom. The molecule has 2 nitrogen and oxygen atoms in total. The van der Waals surface area contributed by atoms with Gasteiger partial charge < -0.3 is 10.0 Å². The minimum absolute atomic E-state index is 0.160. The maximum Gasteiger partial charge on any atom is 0.0504 e. The van der Waals surface area contributed by atoms with Crippen molar-refractivity contribution in [2.45, 2.75) is 33.1 Å². The van der Waals surface area contributed by atoms with Crippen molar-refractivity contribution in [3.63, 3.8) is 0 Å². The lowest BCUT2D eigenvalue weighted by Crippen LogP contribution is -2.43. The first kappa shape index (κ1) is 12.4. The van der Waals surface area contributed by atoms with Crippen molar-refractivity contribution in [2.75, 3.05) is 25.1 Å². The Labute approximate surface area is 104 Å². The van der Waals surface area contributed by atoms with Crippen LogP contribution in [0.25, 0.3) is 0 Å². The van der Waals surface area contributed by atoms with Crippen LogP contribution in [0.1, 0.15) is 30.4 Å². The van der Waals surface area contributed by atoms with Gasteiger partial charge in [-0.05, 0) is 49.9 Å². The Balaban J connectivity index is 2.08. The van der Waals surface area contributed by atoms with Crippen molar-refractivity contribution >= 4 is 5.69 Å². The predicted octanol–water partition coefficient (Wildman–Crippen LogP) is 2.90. The number of aryl methyl sites for hydroxylation is 2. The van der Waals surface area contributed by atoms with Crippen molar-refractivity contribution in [3.05, 3.63) is 29.3 Å². The first-order valence-electron chi connectivity index (χ1n) is 6.46. The van der Waals surface area contributed by atoms with Gasteiger partial charge in [-0.1, -0.05) is 12.5 Å². The summed E-state index contributed by atoms with van der Waals surface area (Å²) in [5.41, 5.74) is 4.09. The van der Waals surface area contributed by atoms with Crippen molar-refractivity contribution in [2.24, 2.45) is 5.41 Å². The topological polar surface area (TPSA) is 23.5 Å². The Morgan fingerprint density at radius 1 is 1.24 bits per heavy atom. The first-order valence-corrected chi connectivity index (χ1v) is 6.46. The van der Waals surface area contributed by atoms with Gasteiger partial charge in [0.25, 0.3) is 0 Å². The standard InChI is InChI=1S/C15H23NO/c1-12-5-6-14(9-13(12)2)16(3)10-15(11-17)7-4-8-15/h5-6,9,17H,4,7-8,10-11H2,1-3H3. The summed E-state index contributed by atoms with van der Waals surface area (Å²) in [6.07, 6.45) is 3.60. The Morgan fingerprint density at radius 2 is 1.94 bits per heavy atom. The van der Waals surface area contributed by atoms with Crippen molar-refractivity contribution in [3.8, 4) is 0 Å². The minimum atomic E-state index is 0.160. The van der Waals surface area contributed by atoms with E-state index in [4.69, 9.17) is 0 Å². The molecule has 2 heteroatoms. The second-order valence-electron chi connectivity index (χ2n) is 5.64. The third-order valence-electron chi connectivity index (χ3n) is 4.25. The van der Waals surface area contributed by atoms with Crippen LogP contribution in [0.15, 0.2) is 18.2 Å². The van der Waals surface area contributed by atoms with Crippen LogP contribution in [0.4, 0.5) is 5.69 Å². The molecule has 0 unspecified atom stereocenters. The van der Waals surface area contributed by atoms with Crippen molar-refractivity contribution < 1.29 is 5.11 Å². The molecular formula is C15H23NO. The first-order chi connectivity index (χ1) is 8.06. The largest absolute Gasteiger partial charge is 0.396 e. The van der Waals surface area contributed by atoms with Crippen LogP contribution in [-0.2, 0) is 0 Å². The number of rotatable bonds is 4. The minimum Gasteiger partial charge on any atom is -0.396 e. The molecule has 1 aromatic rings. The van der Waals surface area contributed by atoms with E-state index in [2.05, 4.69) is 44.0 Å². The van der Waals surface area contributed by atoms with E-state index in [1.54, 1.807) is 0 Å². The zero-order valence-electron chi connectivity index (χ0n) is 11.2. The summed E-state index contributed by atoms with van der Waals surface area (Å²) in [6, 6.07) is 6.58. The molecule has 1 aliphatic carbocycles. The van der Waals surface area contributed by atoms with Crippen LogP contribution in [-0.4, -0.2) is 25.3 Å². The smallest absolute Gasteiger partial charge is 0.0504 e. The molecule has 1 saturated carbocycles. The van der Waals surface area contributed by atoms with Crippen LogP contribution in [0.5, 0.6) is 0 Å². The van der Waals surface area contributed by atoms with Gasteiger partial charge in [-0.25, -0.2) is 0 Å². The lowest BCUT2D eigenvalue weighted by atomic mass is 9.69. The van der Waals surface area contributed by atoms with Crippen molar-refractivity contribution in [1.82, 2.24) is 0 Å². The molecule has 0 bridgehead atoms. The van der Waals surface area contributed by atoms with Gasteiger partial charge in [0.1, 0.15) is 0 Å². The highest BCUT2D eigenvalue weighted by Crippen LogP contribution is 2.41. The molecule has 0 atom stereocenters. The maximum absolute atomic E-state index is 9.50. The summed E-state index contributed by atoms with van der Waals surface area (Å²) in [6.45, 7) is 5.58. The number of hydrogen-bond donors (Lipinski definition) is 1. The molecule has 1 aromatic carbocycles. The second kappa shape index (κ2) is 4.69. The highest BCUT2D eigenvalue weighted by atomic mass is 16.3. The number of aliphatic hydroxyl groups is 1. The Bertz CT molecular complexity index is 390. The van der Waals surface area contributed by atoms with E-state index >= 15 is 0 Å². The lowest BCUT2D eigenvalue weighted by molar-refractivity contribution is 0.0524. The molecule has 0 spiro atoms. The molecule has 1 aliphatic rings. The van der Waals surface area contributed by atoms with Crippen molar-refractivity contribution in [1.29, 1.82) is 0 Å². The second-order valence-corrected chi connectivity index (χ2v) is 5.64. The Kier molecular flexibility index (Phi) is 3.43. The Hall–Kier alpha value is -1.02. The highest BCUT2D eigenvalue weighted by Gasteiger charge is 2.37. The fourth-order valence-electron chi connectivity index (χ4n) is 2.60. The molecule has 0 amide bonds. The van der Waals surface area contributed by atoms with Crippen LogP contribution in [0.3, 0.4) is 0 Å². The van der Waals surface area contributed by atoms with Gasteiger partial charge in [-0.2, -0.15) is 0 Å². The zero-order valence-corrected chi connectivity index (χ0v) is 11.2. The van der Waals surface area contributed by atoms with Crippen LogP contribution >= 0.6 is 0 Å². The van der Waals surface area contributed by atoms with Crippen LogP contribution in [0, 0.1) is 19.3 Å².